The van der Waals surface area contributed by atoms with Gasteiger partial charge in [-0.3, -0.25) is 0 Å². The Labute approximate surface area is 97.7 Å². The summed E-state index contributed by atoms with van der Waals surface area (Å²) < 4.78 is 37.7. The third kappa shape index (κ3) is 2.49. The molecular formula is C14H10F3. The fourth-order valence-corrected chi connectivity index (χ4v) is 1.70. The van der Waals surface area contributed by atoms with Crippen LogP contribution in [0, 0.1) is 13.0 Å². The van der Waals surface area contributed by atoms with Crippen molar-refractivity contribution >= 4 is 0 Å². The minimum atomic E-state index is -4.30. The molecule has 0 unspecified atom stereocenters. The predicted octanol–water partition coefficient (Wildman–Crippen LogP) is 4.48. The lowest BCUT2D eigenvalue weighted by Crippen LogP contribution is -2.04. The van der Waals surface area contributed by atoms with Gasteiger partial charge >= 0.3 is 6.18 Å². The maximum Gasteiger partial charge on any atom is 0.416 e. The Morgan fingerprint density at radius 1 is 1.12 bits per heavy atom. The number of hydrogen-bond donors (Lipinski definition) is 0. The van der Waals surface area contributed by atoms with Crippen LogP contribution < -0.4 is 0 Å². The lowest BCUT2D eigenvalue weighted by Gasteiger charge is -2.10. The average molecular weight is 235 g/mol. The van der Waals surface area contributed by atoms with Crippen LogP contribution in [0.25, 0.3) is 11.1 Å². The molecule has 0 aliphatic heterocycles. The van der Waals surface area contributed by atoms with Crippen molar-refractivity contribution in [2.45, 2.75) is 13.1 Å². The molecular weight excluding hydrogens is 225 g/mol. The molecule has 2 aromatic rings. The zero-order valence-electron chi connectivity index (χ0n) is 9.18. The Morgan fingerprint density at radius 3 is 2.53 bits per heavy atom. The van der Waals surface area contributed by atoms with Gasteiger partial charge in [0.1, 0.15) is 0 Å². The third-order valence-electron chi connectivity index (χ3n) is 2.57. The van der Waals surface area contributed by atoms with Gasteiger partial charge in [0.15, 0.2) is 0 Å². The second-order valence-corrected chi connectivity index (χ2v) is 3.82. The van der Waals surface area contributed by atoms with Crippen LogP contribution >= 0.6 is 0 Å². The van der Waals surface area contributed by atoms with Crippen molar-refractivity contribution in [3.05, 3.63) is 59.7 Å². The van der Waals surface area contributed by atoms with E-state index < -0.39 is 11.7 Å². The molecule has 0 aromatic heterocycles. The first-order valence-electron chi connectivity index (χ1n) is 5.13. The molecule has 0 nitrogen and oxygen atoms in total. The second-order valence-electron chi connectivity index (χ2n) is 3.82. The number of benzene rings is 2. The molecule has 0 bridgehead atoms. The summed E-state index contributed by atoms with van der Waals surface area (Å²) in [5, 5.41) is 0. The molecule has 17 heavy (non-hydrogen) atoms. The molecule has 0 saturated carbocycles. The summed E-state index contributed by atoms with van der Waals surface area (Å²) in [5.41, 5.74) is 1.66. The van der Waals surface area contributed by atoms with Crippen LogP contribution in [0.15, 0.2) is 42.5 Å². The molecule has 0 amide bonds. The van der Waals surface area contributed by atoms with E-state index in [0.717, 1.165) is 17.2 Å². The maximum absolute atomic E-state index is 12.6. The predicted molar refractivity (Wildman–Crippen MR) is 60.5 cm³/mol. The van der Waals surface area contributed by atoms with Crippen LogP contribution in [-0.4, -0.2) is 0 Å². The van der Waals surface area contributed by atoms with Gasteiger partial charge in [0.25, 0.3) is 0 Å². The Kier molecular flexibility index (Phi) is 2.92. The Morgan fingerprint density at radius 2 is 1.88 bits per heavy atom. The average Bonchev–Trinajstić information content (AvgIpc) is 2.29. The summed E-state index contributed by atoms with van der Waals surface area (Å²) in [4.78, 5) is 0. The van der Waals surface area contributed by atoms with Crippen LogP contribution in [0.2, 0.25) is 0 Å². The third-order valence-corrected chi connectivity index (χ3v) is 2.57. The normalized spacial score (nSPS) is 11.5. The molecule has 2 rings (SSSR count). The monoisotopic (exact) mass is 235 g/mol. The second kappa shape index (κ2) is 4.24. The van der Waals surface area contributed by atoms with Crippen molar-refractivity contribution in [1.82, 2.24) is 0 Å². The molecule has 0 heterocycles. The number of rotatable bonds is 1. The molecule has 0 fully saturated rings. The molecule has 0 atom stereocenters. The first-order valence-corrected chi connectivity index (χ1v) is 5.13. The van der Waals surface area contributed by atoms with Gasteiger partial charge in [-0.2, -0.15) is 13.2 Å². The lowest BCUT2D eigenvalue weighted by molar-refractivity contribution is -0.137. The molecule has 0 aliphatic rings. The molecule has 3 heteroatoms. The van der Waals surface area contributed by atoms with Crippen LogP contribution in [0.5, 0.6) is 0 Å². The van der Waals surface area contributed by atoms with E-state index in [4.69, 9.17) is 0 Å². The summed E-state index contributed by atoms with van der Waals surface area (Å²) in [7, 11) is 0. The minimum Gasteiger partial charge on any atom is -0.166 e. The molecule has 0 spiro atoms. The zero-order valence-corrected chi connectivity index (χ0v) is 9.18. The fourth-order valence-electron chi connectivity index (χ4n) is 1.70. The summed E-state index contributed by atoms with van der Waals surface area (Å²) in [6.07, 6.45) is -4.30. The first kappa shape index (κ1) is 11.7. The first-order chi connectivity index (χ1) is 7.98. The molecule has 1 radical (unpaired) electrons. The summed E-state index contributed by atoms with van der Waals surface area (Å²) in [6.45, 7) is 1.85. The maximum atomic E-state index is 12.6. The minimum absolute atomic E-state index is 0.575. The van der Waals surface area contributed by atoms with E-state index in [0.29, 0.717) is 5.56 Å². The Hall–Kier alpha value is -1.77. The summed E-state index contributed by atoms with van der Waals surface area (Å²) in [6, 6.07) is 13.5. The van der Waals surface area contributed by atoms with Crippen molar-refractivity contribution in [1.29, 1.82) is 0 Å². The Balaban J connectivity index is 2.51. The van der Waals surface area contributed by atoms with E-state index in [1.165, 1.54) is 12.1 Å². The fraction of sp³-hybridized carbons (Fsp3) is 0.143. The van der Waals surface area contributed by atoms with E-state index in [2.05, 4.69) is 6.07 Å². The van der Waals surface area contributed by atoms with E-state index in [1.54, 1.807) is 24.3 Å². The quantitative estimate of drug-likeness (QED) is 0.683. The summed E-state index contributed by atoms with van der Waals surface area (Å²) >= 11 is 0. The molecule has 2 aromatic carbocycles. The van der Waals surface area contributed by atoms with E-state index in [-0.39, 0.29) is 0 Å². The van der Waals surface area contributed by atoms with Gasteiger partial charge in [0, 0.05) is 0 Å². The summed E-state index contributed by atoms with van der Waals surface area (Å²) in [5.74, 6) is 0. The van der Waals surface area contributed by atoms with Gasteiger partial charge < -0.3 is 0 Å². The topological polar surface area (TPSA) is 0 Å². The van der Waals surface area contributed by atoms with E-state index in [1.807, 2.05) is 6.92 Å². The lowest BCUT2D eigenvalue weighted by atomic mass is 9.99. The van der Waals surface area contributed by atoms with Gasteiger partial charge in [0.2, 0.25) is 0 Å². The highest BCUT2D eigenvalue weighted by Gasteiger charge is 2.30. The zero-order chi connectivity index (χ0) is 12.5. The smallest absolute Gasteiger partial charge is 0.166 e. The van der Waals surface area contributed by atoms with Crippen molar-refractivity contribution in [3.8, 4) is 11.1 Å². The molecule has 0 saturated heterocycles. The number of alkyl halides is 3. The van der Waals surface area contributed by atoms with Crippen LogP contribution in [-0.2, 0) is 6.18 Å². The standard InChI is InChI=1S/C14H10F3/c1-10-5-2-3-8-13(10)11-6-4-7-12(9-11)14(15,16)17/h3-9H,1H3. The van der Waals surface area contributed by atoms with Gasteiger partial charge in [-0.25, -0.2) is 0 Å². The largest absolute Gasteiger partial charge is 0.416 e. The molecule has 0 N–H and O–H groups in total. The number of aryl methyl sites for hydroxylation is 1. The Bertz CT molecular complexity index is 527. The van der Waals surface area contributed by atoms with Gasteiger partial charge in [-0.05, 0) is 41.8 Å². The highest BCUT2D eigenvalue weighted by atomic mass is 19.4. The number of hydrogen-bond acceptors (Lipinski definition) is 0. The van der Waals surface area contributed by atoms with Gasteiger partial charge in [-0.1, -0.05) is 30.3 Å². The van der Waals surface area contributed by atoms with Crippen LogP contribution in [0.4, 0.5) is 13.2 Å². The van der Waals surface area contributed by atoms with Crippen molar-refractivity contribution in [2.75, 3.05) is 0 Å². The van der Waals surface area contributed by atoms with Gasteiger partial charge in [0.05, 0.1) is 5.56 Å². The highest BCUT2D eigenvalue weighted by molar-refractivity contribution is 5.67. The van der Waals surface area contributed by atoms with E-state index in [9.17, 15) is 13.2 Å². The van der Waals surface area contributed by atoms with Crippen LogP contribution in [0.1, 0.15) is 11.1 Å². The molecule has 87 valence electrons. The van der Waals surface area contributed by atoms with Crippen LogP contribution in [0.3, 0.4) is 0 Å². The van der Waals surface area contributed by atoms with Crippen molar-refractivity contribution in [3.63, 3.8) is 0 Å². The van der Waals surface area contributed by atoms with Crippen molar-refractivity contribution < 1.29 is 13.2 Å². The van der Waals surface area contributed by atoms with Gasteiger partial charge in [-0.15, -0.1) is 0 Å². The van der Waals surface area contributed by atoms with Crippen molar-refractivity contribution in [2.24, 2.45) is 0 Å². The van der Waals surface area contributed by atoms with E-state index >= 15 is 0 Å². The SMILES string of the molecule is Cc1c[c]ccc1-c1cccc(C(F)(F)F)c1. The molecule has 0 aliphatic carbocycles. The highest BCUT2D eigenvalue weighted by Crippen LogP contribution is 2.32. The number of halogens is 3.